The van der Waals surface area contributed by atoms with Crippen LogP contribution < -0.4 is 10.6 Å². The summed E-state index contributed by atoms with van der Waals surface area (Å²) in [5, 5.41) is 9.37. The molecule has 5 rings (SSSR count). The molecule has 10 heteroatoms. The normalized spacial score (nSPS) is 11.7. The van der Waals surface area contributed by atoms with Gasteiger partial charge in [0.05, 0.1) is 28.1 Å². The van der Waals surface area contributed by atoms with Crippen LogP contribution in [0.2, 0.25) is 0 Å². The van der Waals surface area contributed by atoms with E-state index in [0.29, 0.717) is 29.4 Å². The van der Waals surface area contributed by atoms with Crippen molar-refractivity contribution in [1.82, 2.24) is 14.5 Å². The molecule has 3 aromatic heterocycles. The zero-order valence-corrected chi connectivity index (χ0v) is 21.1. The van der Waals surface area contributed by atoms with Crippen molar-refractivity contribution in [3.63, 3.8) is 0 Å². The zero-order chi connectivity index (χ0) is 25.4. The second-order valence-electron chi connectivity index (χ2n) is 9.27. The summed E-state index contributed by atoms with van der Waals surface area (Å²) in [4.78, 5) is 30.0. The number of rotatable bonds is 5. The van der Waals surface area contributed by atoms with E-state index in [0.717, 1.165) is 26.4 Å². The number of carbonyl (C=O) groups excluding carboxylic acids is 2. The van der Waals surface area contributed by atoms with Gasteiger partial charge in [-0.05, 0) is 37.3 Å². The number of ether oxygens (including phenoxy) is 1. The second-order valence-corrected chi connectivity index (χ2v) is 10.3. The van der Waals surface area contributed by atoms with Crippen molar-refractivity contribution >= 4 is 50.0 Å². The van der Waals surface area contributed by atoms with Crippen LogP contribution in [0, 0.1) is 0 Å². The minimum absolute atomic E-state index is 0.196. The van der Waals surface area contributed by atoms with Crippen LogP contribution in [0.5, 0.6) is 0 Å². The van der Waals surface area contributed by atoms with Gasteiger partial charge in [-0.2, -0.15) is 0 Å². The summed E-state index contributed by atoms with van der Waals surface area (Å²) in [6.07, 6.45) is 1.96. The minimum atomic E-state index is -0.410. The Labute approximate surface area is 211 Å². The number of imidazole rings is 1. The molecule has 0 fully saturated rings. The van der Waals surface area contributed by atoms with Crippen LogP contribution in [0.3, 0.4) is 0 Å². The molecule has 2 aromatic carbocycles. The maximum Gasteiger partial charge on any atom is 0.338 e. The summed E-state index contributed by atoms with van der Waals surface area (Å²) in [6, 6.07) is 14.2. The van der Waals surface area contributed by atoms with Crippen molar-refractivity contribution in [2.45, 2.75) is 33.1 Å². The average Bonchev–Trinajstić information content (AvgIpc) is 3.54. The second kappa shape index (κ2) is 9.12. The lowest BCUT2D eigenvalue weighted by molar-refractivity contribution is 0.0526. The van der Waals surface area contributed by atoms with Crippen LogP contribution in [-0.2, 0) is 10.2 Å². The summed E-state index contributed by atoms with van der Waals surface area (Å²) in [5.74, 6) is 0.715. The molecule has 36 heavy (non-hydrogen) atoms. The molecule has 184 valence electrons. The van der Waals surface area contributed by atoms with Crippen LogP contribution in [0.4, 0.5) is 16.3 Å². The summed E-state index contributed by atoms with van der Waals surface area (Å²) in [7, 11) is 0. The van der Waals surface area contributed by atoms with E-state index in [1.54, 1.807) is 19.1 Å². The van der Waals surface area contributed by atoms with E-state index in [9.17, 15) is 9.59 Å². The smallest absolute Gasteiger partial charge is 0.338 e. The van der Waals surface area contributed by atoms with Gasteiger partial charge in [0.2, 0.25) is 0 Å². The molecule has 0 aliphatic rings. The Morgan fingerprint density at radius 2 is 1.86 bits per heavy atom. The van der Waals surface area contributed by atoms with Gasteiger partial charge in [-0.15, -0.1) is 0 Å². The van der Waals surface area contributed by atoms with Gasteiger partial charge in [0.25, 0.3) is 0 Å². The van der Waals surface area contributed by atoms with Gasteiger partial charge in [-0.25, -0.2) is 14.6 Å². The topological polar surface area (TPSA) is 111 Å². The van der Waals surface area contributed by atoms with E-state index in [2.05, 4.69) is 15.8 Å². The molecule has 3 heterocycles. The van der Waals surface area contributed by atoms with Gasteiger partial charge in [-0.1, -0.05) is 49.4 Å². The summed E-state index contributed by atoms with van der Waals surface area (Å²) < 4.78 is 13.4. The first-order chi connectivity index (χ1) is 17.2. The number of amides is 2. The Balaban J connectivity index is 1.29. The van der Waals surface area contributed by atoms with Crippen LogP contribution in [0.25, 0.3) is 26.4 Å². The number of fused-ring (bicyclic) bond motifs is 3. The monoisotopic (exact) mass is 503 g/mol. The first kappa shape index (κ1) is 23.6. The molecule has 0 unspecified atom stereocenters. The zero-order valence-electron chi connectivity index (χ0n) is 20.3. The molecule has 2 N–H and O–H groups in total. The predicted molar refractivity (Wildman–Crippen MR) is 140 cm³/mol. The molecule has 0 radical (unpaired) electrons. The van der Waals surface area contributed by atoms with Gasteiger partial charge in [-0.3, -0.25) is 9.72 Å². The fraction of sp³-hybridized carbons (Fsp3) is 0.231. The Morgan fingerprint density at radius 3 is 2.56 bits per heavy atom. The lowest BCUT2D eigenvalue weighted by Crippen LogP contribution is -2.19. The van der Waals surface area contributed by atoms with Crippen LogP contribution in [0.1, 0.15) is 43.8 Å². The SMILES string of the molecule is CCOC(=O)c1ccc2c(c1)sc1nc(-c3ccc(NC(=O)Nc4cc(C(C)(C)C)on4)cc3)cn12. The van der Waals surface area contributed by atoms with E-state index in [-0.39, 0.29) is 11.4 Å². The van der Waals surface area contributed by atoms with Crippen molar-refractivity contribution in [2.75, 3.05) is 17.2 Å². The van der Waals surface area contributed by atoms with Crippen LogP contribution in [0.15, 0.2) is 59.3 Å². The molecule has 0 aliphatic heterocycles. The predicted octanol–water partition coefficient (Wildman–Crippen LogP) is 6.32. The molecule has 2 amide bonds. The van der Waals surface area contributed by atoms with Gasteiger partial charge >= 0.3 is 12.0 Å². The fourth-order valence-corrected chi connectivity index (χ4v) is 4.72. The highest BCUT2D eigenvalue weighted by Crippen LogP contribution is 2.31. The summed E-state index contributed by atoms with van der Waals surface area (Å²) >= 11 is 1.51. The Bertz CT molecular complexity index is 1570. The first-order valence-electron chi connectivity index (χ1n) is 11.5. The number of esters is 1. The van der Waals surface area contributed by atoms with Crippen molar-refractivity contribution < 1.29 is 18.8 Å². The van der Waals surface area contributed by atoms with E-state index in [4.69, 9.17) is 14.2 Å². The van der Waals surface area contributed by atoms with E-state index >= 15 is 0 Å². The molecule has 0 aliphatic carbocycles. The molecular weight excluding hydrogens is 478 g/mol. The molecule has 0 saturated heterocycles. The molecule has 0 saturated carbocycles. The third-order valence-electron chi connectivity index (χ3n) is 5.53. The highest BCUT2D eigenvalue weighted by atomic mass is 32.1. The van der Waals surface area contributed by atoms with E-state index in [1.165, 1.54) is 11.3 Å². The number of hydrogen-bond acceptors (Lipinski definition) is 7. The minimum Gasteiger partial charge on any atom is -0.462 e. The molecule has 9 nitrogen and oxygen atoms in total. The van der Waals surface area contributed by atoms with Gasteiger partial charge < -0.3 is 14.6 Å². The Hall–Kier alpha value is -4.18. The van der Waals surface area contributed by atoms with Crippen LogP contribution in [-0.4, -0.2) is 33.1 Å². The Kier molecular flexibility index (Phi) is 5.97. The average molecular weight is 504 g/mol. The van der Waals surface area contributed by atoms with Crippen molar-refractivity contribution in [3.8, 4) is 11.3 Å². The van der Waals surface area contributed by atoms with Crippen molar-refractivity contribution in [3.05, 3.63) is 66.1 Å². The van der Waals surface area contributed by atoms with Crippen LogP contribution >= 0.6 is 11.3 Å². The summed E-state index contributed by atoms with van der Waals surface area (Å²) in [5.41, 5.74) is 3.66. The molecule has 0 bridgehead atoms. The highest BCUT2D eigenvalue weighted by molar-refractivity contribution is 7.23. The third kappa shape index (κ3) is 4.67. The number of thiazole rings is 1. The highest BCUT2D eigenvalue weighted by Gasteiger charge is 2.20. The molecule has 0 atom stereocenters. The number of benzene rings is 2. The molecule has 0 spiro atoms. The van der Waals surface area contributed by atoms with E-state index in [1.807, 2.05) is 67.8 Å². The first-order valence-corrected chi connectivity index (χ1v) is 12.3. The largest absolute Gasteiger partial charge is 0.462 e. The molecular formula is C26H25N5O4S. The van der Waals surface area contributed by atoms with Gasteiger partial charge in [0, 0.05) is 28.9 Å². The number of nitrogens with zero attached hydrogens (tertiary/aromatic N) is 3. The number of nitrogens with one attached hydrogen (secondary N) is 2. The lowest BCUT2D eigenvalue weighted by Gasteiger charge is -2.12. The third-order valence-corrected chi connectivity index (χ3v) is 6.55. The maximum absolute atomic E-state index is 12.4. The van der Waals surface area contributed by atoms with E-state index < -0.39 is 6.03 Å². The number of hydrogen-bond donors (Lipinski definition) is 2. The number of urea groups is 1. The number of carbonyl (C=O) groups is 2. The summed E-state index contributed by atoms with van der Waals surface area (Å²) in [6.45, 7) is 8.15. The quantitative estimate of drug-likeness (QED) is 0.272. The van der Waals surface area contributed by atoms with Crippen molar-refractivity contribution in [2.24, 2.45) is 0 Å². The van der Waals surface area contributed by atoms with Crippen molar-refractivity contribution in [1.29, 1.82) is 0 Å². The fourth-order valence-electron chi connectivity index (χ4n) is 3.67. The van der Waals surface area contributed by atoms with Gasteiger partial charge in [0.15, 0.2) is 10.8 Å². The number of anilines is 2. The maximum atomic E-state index is 12.4. The number of aromatic nitrogens is 3. The lowest BCUT2D eigenvalue weighted by atomic mass is 9.93. The standard InChI is InChI=1S/C26H25N5O4S/c1-5-34-23(32)16-8-11-19-20(12-16)36-25-28-18(14-31(19)25)15-6-9-17(10-7-15)27-24(33)29-22-13-21(35-30-22)26(2,3)4/h6-14H,5H2,1-4H3,(H2,27,29,30,33). The molecule has 5 aromatic rings. The van der Waals surface area contributed by atoms with Gasteiger partial charge in [0.1, 0.15) is 5.76 Å². The Morgan fingerprint density at radius 1 is 1.08 bits per heavy atom.